The van der Waals surface area contributed by atoms with Crippen LogP contribution in [0.2, 0.25) is 0 Å². The topological polar surface area (TPSA) is 60.2 Å². The summed E-state index contributed by atoms with van der Waals surface area (Å²) < 4.78 is 24.4. The standard InChI is InChI=1S/C13H20BrNO2S/c1-2-8-18(16,17)9-7-11(10-15)12-5-3-4-6-13(12)14/h3-6,11H,2,7-10,15H2,1H3. The Hall–Kier alpha value is -0.390. The number of benzene rings is 1. The number of rotatable bonds is 7. The van der Waals surface area contributed by atoms with Crippen molar-refractivity contribution in [2.45, 2.75) is 25.7 Å². The molecular formula is C13H20BrNO2S. The highest BCUT2D eigenvalue weighted by Gasteiger charge is 2.17. The van der Waals surface area contributed by atoms with Crippen LogP contribution in [-0.4, -0.2) is 26.5 Å². The monoisotopic (exact) mass is 333 g/mol. The fraction of sp³-hybridized carbons (Fsp3) is 0.538. The quantitative estimate of drug-likeness (QED) is 0.834. The highest BCUT2D eigenvalue weighted by atomic mass is 79.9. The van der Waals surface area contributed by atoms with Gasteiger partial charge in [0.25, 0.3) is 0 Å². The molecule has 102 valence electrons. The maximum atomic E-state index is 11.7. The van der Waals surface area contributed by atoms with Gasteiger partial charge in [0.1, 0.15) is 9.84 Å². The van der Waals surface area contributed by atoms with Gasteiger partial charge in [0, 0.05) is 10.2 Å². The van der Waals surface area contributed by atoms with Crippen LogP contribution in [0.5, 0.6) is 0 Å². The van der Waals surface area contributed by atoms with Crippen LogP contribution in [0.25, 0.3) is 0 Å². The molecule has 2 N–H and O–H groups in total. The van der Waals surface area contributed by atoms with Crippen LogP contribution < -0.4 is 5.73 Å². The van der Waals surface area contributed by atoms with E-state index in [2.05, 4.69) is 15.9 Å². The molecule has 0 aliphatic heterocycles. The van der Waals surface area contributed by atoms with E-state index in [9.17, 15) is 8.42 Å². The Kier molecular flexibility index (Phi) is 6.32. The van der Waals surface area contributed by atoms with Gasteiger partial charge in [-0.3, -0.25) is 0 Å². The lowest BCUT2D eigenvalue weighted by Gasteiger charge is -2.16. The summed E-state index contributed by atoms with van der Waals surface area (Å²) in [6, 6.07) is 7.84. The van der Waals surface area contributed by atoms with Crippen LogP contribution in [0.15, 0.2) is 28.7 Å². The summed E-state index contributed by atoms with van der Waals surface area (Å²) >= 11 is 3.48. The van der Waals surface area contributed by atoms with Crippen molar-refractivity contribution in [1.82, 2.24) is 0 Å². The molecule has 3 nitrogen and oxygen atoms in total. The summed E-state index contributed by atoms with van der Waals surface area (Å²) in [5.41, 5.74) is 6.85. The van der Waals surface area contributed by atoms with E-state index in [1.54, 1.807) is 0 Å². The molecule has 0 radical (unpaired) electrons. The molecule has 1 aromatic carbocycles. The molecule has 0 saturated heterocycles. The molecule has 0 fully saturated rings. The second-order valence-electron chi connectivity index (χ2n) is 4.39. The number of halogens is 1. The third kappa shape index (κ3) is 4.71. The second kappa shape index (κ2) is 7.26. The zero-order chi connectivity index (χ0) is 13.6. The number of hydrogen-bond acceptors (Lipinski definition) is 3. The predicted octanol–water partition coefficient (Wildman–Crippen LogP) is 2.71. The van der Waals surface area contributed by atoms with Crippen molar-refractivity contribution in [1.29, 1.82) is 0 Å². The normalized spacial score (nSPS) is 13.5. The summed E-state index contributed by atoms with van der Waals surface area (Å²) in [5, 5.41) is 0. The van der Waals surface area contributed by atoms with E-state index in [1.165, 1.54) is 0 Å². The highest BCUT2D eigenvalue weighted by molar-refractivity contribution is 9.10. The number of hydrogen-bond donors (Lipinski definition) is 1. The van der Waals surface area contributed by atoms with Crippen molar-refractivity contribution in [3.05, 3.63) is 34.3 Å². The van der Waals surface area contributed by atoms with Crippen molar-refractivity contribution < 1.29 is 8.42 Å². The van der Waals surface area contributed by atoms with Gasteiger partial charge in [-0.1, -0.05) is 41.1 Å². The van der Waals surface area contributed by atoms with Crippen LogP contribution >= 0.6 is 15.9 Å². The molecule has 0 heterocycles. The number of sulfone groups is 1. The molecule has 1 rings (SSSR count). The first kappa shape index (κ1) is 15.7. The molecule has 18 heavy (non-hydrogen) atoms. The lowest BCUT2D eigenvalue weighted by molar-refractivity contribution is 0.583. The summed E-state index contributed by atoms with van der Waals surface area (Å²) in [5.74, 6) is 0.566. The van der Waals surface area contributed by atoms with Gasteiger partial charge in [0.05, 0.1) is 5.75 Å². The second-order valence-corrected chi connectivity index (χ2v) is 7.55. The Morgan fingerprint density at radius 1 is 1.28 bits per heavy atom. The maximum absolute atomic E-state index is 11.7. The first-order chi connectivity index (χ1) is 8.50. The highest BCUT2D eigenvalue weighted by Crippen LogP contribution is 2.27. The minimum absolute atomic E-state index is 0.0900. The van der Waals surface area contributed by atoms with Gasteiger partial charge in [-0.15, -0.1) is 0 Å². The molecule has 0 spiro atoms. The van der Waals surface area contributed by atoms with Gasteiger partial charge in [0.2, 0.25) is 0 Å². The number of nitrogens with two attached hydrogens (primary N) is 1. The summed E-state index contributed by atoms with van der Waals surface area (Å²) in [6.45, 7) is 2.34. The molecule has 5 heteroatoms. The average Bonchev–Trinajstić information content (AvgIpc) is 2.32. The fourth-order valence-electron chi connectivity index (χ4n) is 1.94. The van der Waals surface area contributed by atoms with Gasteiger partial charge in [0.15, 0.2) is 0 Å². The molecule has 0 aliphatic rings. The third-order valence-electron chi connectivity index (χ3n) is 2.92. The van der Waals surface area contributed by atoms with Crippen molar-refractivity contribution >= 4 is 25.8 Å². The van der Waals surface area contributed by atoms with Crippen molar-refractivity contribution in [3.63, 3.8) is 0 Å². The first-order valence-electron chi connectivity index (χ1n) is 6.15. The summed E-state index contributed by atoms with van der Waals surface area (Å²) in [7, 11) is -2.93. The average molecular weight is 334 g/mol. The van der Waals surface area contributed by atoms with Crippen LogP contribution in [0.1, 0.15) is 31.2 Å². The SMILES string of the molecule is CCCS(=O)(=O)CCC(CN)c1ccccc1Br. The van der Waals surface area contributed by atoms with Gasteiger partial charge >= 0.3 is 0 Å². The molecule has 0 aromatic heterocycles. The maximum Gasteiger partial charge on any atom is 0.150 e. The first-order valence-corrected chi connectivity index (χ1v) is 8.76. The molecule has 1 atom stereocenters. The Morgan fingerprint density at radius 3 is 2.50 bits per heavy atom. The van der Waals surface area contributed by atoms with Crippen molar-refractivity contribution in [2.24, 2.45) is 5.73 Å². The molecular weight excluding hydrogens is 314 g/mol. The summed E-state index contributed by atoms with van der Waals surface area (Å²) in [4.78, 5) is 0. The molecule has 0 aliphatic carbocycles. The zero-order valence-electron chi connectivity index (χ0n) is 10.6. The Labute approximate surface area is 118 Å². The van der Waals surface area contributed by atoms with E-state index < -0.39 is 9.84 Å². The lowest BCUT2D eigenvalue weighted by atomic mass is 9.97. The van der Waals surface area contributed by atoms with E-state index in [0.717, 1.165) is 10.0 Å². The molecule has 0 bridgehead atoms. The van der Waals surface area contributed by atoms with Crippen LogP contribution in [0, 0.1) is 0 Å². The van der Waals surface area contributed by atoms with Crippen molar-refractivity contribution in [2.75, 3.05) is 18.1 Å². The van der Waals surface area contributed by atoms with E-state index in [-0.39, 0.29) is 17.4 Å². The van der Waals surface area contributed by atoms with Gasteiger partial charge in [-0.05, 0) is 36.9 Å². The zero-order valence-corrected chi connectivity index (χ0v) is 13.0. The van der Waals surface area contributed by atoms with E-state index in [0.29, 0.717) is 19.4 Å². The molecule has 1 aromatic rings. The Balaban J connectivity index is 2.72. The predicted molar refractivity (Wildman–Crippen MR) is 79.5 cm³/mol. The van der Waals surface area contributed by atoms with Gasteiger partial charge < -0.3 is 5.73 Å². The van der Waals surface area contributed by atoms with Crippen LogP contribution in [0.4, 0.5) is 0 Å². The van der Waals surface area contributed by atoms with Gasteiger partial charge in [-0.2, -0.15) is 0 Å². The third-order valence-corrected chi connectivity index (χ3v) is 5.53. The van der Waals surface area contributed by atoms with E-state index in [4.69, 9.17) is 5.73 Å². The van der Waals surface area contributed by atoms with Crippen LogP contribution in [-0.2, 0) is 9.84 Å². The Morgan fingerprint density at radius 2 is 1.94 bits per heavy atom. The lowest BCUT2D eigenvalue weighted by Crippen LogP contribution is -2.19. The molecule has 0 amide bonds. The van der Waals surface area contributed by atoms with E-state index in [1.807, 2.05) is 31.2 Å². The largest absolute Gasteiger partial charge is 0.330 e. The summed E-state index contributed by atoms with van der Waals surface area (Å²) in [6.07, 6.45) is 1.26. The van der Waals surface area contributed by atoms with Crippen LogP contribution in [0.3, 0.4) is 0 Å². The molecule has 1 unspecified atom stereocenters. The minimum Gasteiger partial charge on any atom is -0.330 e. The van der Waals surface area contributed by atoms with Crippen molar-refractivity contribution in [3.8, 4) is 0 Å². The smallest absolute Gasteiger partial charge is 0.150 e. The van der Waals surface area contributed by atoms with Gasteiger partial charge in [-0.25, -0.2) is 8.42 Å². The Bertz CT molecular complexity index is 474. The molecule has 0 saturated carbocycles. The fourth-order valence-corrected chi connectivity index (χ4v) is 4.02. The van der Waals surface area contributed by atoms with E-state index >= 15 is 0 Å². The minimum atomic E-state index is -2.93.